The molecule has 122 valence electrons. The summed E-state index contributed by atoms with van der Waals surface area (Å²) in [5, 5.41) is 20.4. The number of aromatic hydroxyl groups is 1. The van der Waals surface area contributed by atoms with Crippen LogP contribution in [-0.4, -0.2) is 16.0 Å². The van der Waals surface area contributed by atoms with Crippen LogP contribution in [0.4, 0.5) is 0 Å². The molecule has 0 amide bonds. The van der Waals surface area contributed by atoms with Gasteiger partial charge in [-0.1, -0.05) is 13.0 Å². The van der Waals surface area contributed by atoms with Gasteiger partial charge in [0.25, 0.3) is 0 Å². The number of carbonyl (C=O) groups excluding carboxylic acids is 1. The zero-order valence-corrected chi connectivity index (χ0v) is 13.8. The first kappa shape index (κ1) is 14.8. The Labute approximate surface area is 137 Å². The van der Waals surface area contributed by atoms with Gasteiger partial charge in [-0.15, -0.1) is 0 Å². The highest BCUT2D eigenvalue weighted by Gasteiger charge is 2.54. The molecule has 23 heavy (non-hydrogen) atoms. The third kappa shape index (κ3) is 1.98. The number of carbonyl (C=O) groups is 1. The Bertz CT molecular complexity index is 718. The third-order valence-electron chi connectivity index (χ3n) is 6.78. The molecule has 0 spiro atoms. The van der Waals surface area contributed by atoms with Crippen LogP contribution in [0.3, 0.4) is 0 Å². The number of ketones is 1. The monoisotopic (exact) mass is 312 g/mol. The number of rotatable bonds is 1. The van der Waals surface area contributed by atoms with Gasteiger partial charge >= 0.3 is 0 Å². The Morgan fingerprint density at radius 1 is 1.26 bits per heavy atom. The van der Waals surface area contributed by atoms with Crippen LogP contribution in [0.1, 0.15) is 56.6 Å². The lowest BCUT2D eigenvalue weighted by molar-refractivity contribution is -0.113. The highest BCUT2D eigenvalue weighted by molar-refractivity contribution is 5.94. The number of Topliss-reactive ketones (excluding diaryl/α,β-unsaturated/α-hetero) is 1. The molecule has 3 aliphatic carbocycles. The van der Waals surface area contributed by atoms with Gasteiger partial charge in [0.2, 0.25) is 0 Å². The van der Waals surface area contributed by atoms with Crippen LogP contribution < -0.4 is 0 Å². The molecule has 0 heterocycles. The zero-order valence-electron chi connectivity index (χ0n) is 13.8. The van der Waals surface area contributed by atoms with E-state index in [0.29, 0.717) is 34.8 Å². The Morgan fingerprint density at radius 3 is 2.78 bits per heavy atom. The summed E-state index contributed by atoms with van der Waals surface area (Å²) >= 11 is 0. The Balaban J connectivity index is 1.72. The maximum absolute atomic E-state index is 11.9. The lowest BCUT2D eigenvalue weighted by Gasteiger charge is -2.49. The molecule has 1 saturated carbocycles. The van der Waals surface area contributed by atoms with Gasteiger partial charge in [-0.25, -0.2) is 0 Å². The van der Waals surface area contributed by atoms with Crippen LogP contribution in [-0.2, 0) is 11.2 Å². The van der Waals surface area contributed by atoms with E-state index >= 15 is 0 Å². The van der Waals surface area contributed by atoms with E-state index in [1.165, 1.54) is 11.1 Å². The van der Waals surface area contributed by atoms with Gasteiger partial charge in [0.15, 0.2) is 5.78 Å². The highest BCUT2D eigenvalue weighted by atomic mass is 16.3. The molecule has 1 aromatic carbocycles. The number of aryl methyl sites for hydroxylation is 1. The second-order valence-electron chi connectivity index (χ2n) is 7.84. The van der Waals surface area contributed by atoms with Gasteiger partial charge in [0, 0.05) is 11.0 Å². The standard InChI is InChI=1S/C20H24O3/c1-11(21)17-10-18-16-5-3-12-9-13(22)4-6-14(12)15(16)7-8-20(18,2)19(17)23/h4,6,9,15-16,18,22-23H,3,5,7-8,10H2,1-2H3/t15?,16?,18?,20-/m0/s1. The van der Waals surface area contributed by atoms with E-state index in [2.05, 4.69) is 13.0 Å². The average Bonchev–Trinajstić information content (AvgIpc) is 2.79. The average molecular weight is 312 g/mol. The number of allylic oxidation sites excluding steroid dienone is 2. The maximum Gasteiger partial charge on any atom is 0.159 e. The molecule has 0 aliphatic heterocycles. The molecular weight excluding hydrogens is 288 g/mol. The van der Waals surface area contributed by atoms with E-state index in [-0.39, 0.29) is 11.2 Å². The fourth-order valence-electron chi connectivity index (χ4n) is 5.53. The molecule has 0 saturated heterocycles. The largest absolute Gasteiger partial charge is 0.511 e. The molecule has 0 aromatic heterocycles. The van der Waals surface area contributed by atoms with E-state index in [4.69, 9.17) is 0 Å². The van der Waals surface area contributed by atoms with Crippen molar-refractivity contribution in [1.82, 2.24) is 0 Å². The van der Waals surface area contributed by atoms with E-state index < -0.39 is 0 Å². The smallest absolute Gasteiger partial charge is 0.159 e. The fraction of sp³-hybridized carbons (Fsp3) is 0.550. The highest BCUT2D eigenvalue weighted by Crippen LogP contribution is 2.62. The van der Waals surface area contributed by atoms with Gasteiger partial charge < -0.3 is 10.2 Å². The van der Waals surface area contributed by atoms with Crippen molar-refractivity contribution < 1.29 is 15.0 Å². The minimum Gasteiger partial charge on any atom is -0.511 e. The molecule has 3 heteroatoms. The van der Waals surface area contributed by atoms with Crippen LogP contribution in [0.5, 0.6) is 5.75 Å². The minimum absolute atomic E-state index is 0.0239. The normalized spacial score (nSPS) is 35.5. The Kier molecular flexibility index (Phi) is 3.13. The topological polar surface area (TPSA) is 57.5 Å². The summed E-state index contributed by atoms with van der Waals surface area (Å²) in [5.41, 5.74) is 3.08. The molecule has 0 radical (unpaired) electrons. The first-order valence-corrected chi connectivity index (χ1v) is 8.67. The molecule has 4 rings (SSSR count). The molecule has 0 bridgehead atoms. The van der Waals surface area contributed by atoms with Crippen molar-refractivity contribution in [2.24, 2.45) is 17.3 Å². The number of aliphatic hydroxyl groups is 1. The molecule has 2 N–H and O–H groups in total. The number of hydrogen-bond acceptors (Lipinski definition) is 3. The first-order chi connectivity index (χ1) is 10.9. The number of phenols is 1. The van der Waals surface area contributed by atoms with Crippen molar-refractivity contribution in [3.63, 3.8) is 0 Å². The van der Waals surface area contributed by atoms with Crippen molar-refractivity contribution in [2.45, 2.75) is 51.9 Å². The summed E-state index contributed by atoms with van der Waals surface area (Å²) in [6.07, 6.45) is 4.77. The third-order valence-corrected chi connectivity index (χ3v) is 6.78. The molecule has 3 aliphatic rings. The second kappa shape index (κ2) is 4.86. The van der Waals surface area contributed by atoms with Crippen molar-refractivity contribution in [3.8, 4) is 5.75 Å². The molecule has 3 nitrogen and oxygen atoms in total. The van der Waals surface area contributed by atoms with Crippen LogP contribution in [0.2, 0.25) is 0 Å². The van der Waals surface area contributed by atoms with Gasteiger partial charge in [-0.3, -0.25) is 4.79 Å². The second-order valence-corrected chi connectivity index (χ2v) is 7.84. The SMILES string of the molecule is CC(=O)C1=C(O)[C@@]2(C)CCC3c4ccc(O)cc4CCC3C2C1. The van der Waals surface area contributed by atoms with Gasteiger partial charge in [-0.05, 0) is 80.0 Å². The predicted octanol–water partition coefficient (Wildman–Crippen LogP) is 4.26. The predicted molar refractivity (Wildman–Crippen MR) is 88.4 cm³/mol. The molecule has 1 fully saturated rings. The number of fused-ring (bicyclic) bond motifs is 5. The zero-order chi connectivity index (χ0) is 16.4. The minimum atomic E-state index is -0.226. The molecular formula is C20H24O3. The molecule has 1 aromatic rings. The Morgan fingerprint density at radius 2 is 2.04 bits per heavy atom. The van der Waals surface area contributed by atoms with Crippen molar-refractivity contribution >= 4 is 5.78 Å². The van der Waals surface area contributed by atoms with E-state index in [1.807, 2.05) is 6.07 Å². The molecule has 3 unspecified atom stereocenters. The Hall–Kier alpha value is -1.77. The van der Waals surface area contributed by atoms with Gasteiger partial charge in [0.1, 0.15) is 11.5 Å². The van der Waals surface area contributed by atoms with Crippen LogP contribution in [0.25, 0.3) is 0 Å². The van der Waals surface area contributed by atoms with Crippen molar-refractivity contribution in [2.75, 3.05) is 0 Å². The summed E-state index contributed by atoms with van der Waals surface area (Å²) < 4.78 is 0. The van der Waals surface area contributed by atoms with Crippen LogP contribution >= 0.6 is 0 Å². The quantitative estimate of drug-likeness (QED) is 0.814. The number of aliphatic hydroxyl groups excluding tert-OH is 1. The van der Waals surface area contributed by atoms with E-state index in [9.17, 15) is 15.0 Å². The summed E-state index contributed by atoms with van der Waals surface area (Å²) in [6, 6.07) is 5.78. The number of hydrogen-bond donors (Lipinski definition) is 2. The van der Waals surface area contributed by atoms with E-state index in [0.717, 1.165) is 32.1 Å². The summed E-state index contributed by atoms with van der Waals surface area (Å²) in [4.78, 5) is 11.9. The van der Waals surface area contributed by atoms with E-state index in [1.54, 1.807) is 13.0 Å². The summed E-state index contributed by atoms with van der Waals surface area (Å²) in [5.74, 6) is 2.12. The first-order valence-electron chi connectivity index (χ1n) is 8.67. The number of phenolic OH excluding ortho intramolecular Hbond substituents is 1. The van der Waals surface area contributed by atoms with Crippen molar-refractivity contribution in [3.05, 3.63) is 40.7 Å². The summed E-state index contributed by atoms with van der Waals surface area (Å²) in [7, 11) is 0. The lowest BCUT2D eigenvalue weighted by atomic mass is 9.55. The fourth-order valence-corrected chi connectivity index (χ4v) is 5.53. The number of benzene rings is 1. The lowest BCUT2D eigenvalue weighted by Crippen LogP contribution is -2.41. The molecule has 4 atom stereocenters. The van der Waals surface area contributed by atoms with Gasteiger partial charge in [0.05, 0.1) is 0 Å². The van der Waals surface area contributed by atoms with Crippen LogP contribution in [0, 0.1) is 17.3 Å². The van der Waals surface area contributed by atoms with Gasteiger partial charge in [-0.2, -0.15) is 0 Å². The van der Waals surface area contributed by atoms with Crippen molar-refractivity contribution in [1.29, 1.82) is 0 Å². The summed E-state index contributed by atoms with van der Waals surface area (Å²) in [6.45, 7) is 3.72. The maximum atomic E-state index is 11.9. The van der Waals surface area contributed by atoms with Crippen LogP contribution in [0.15, 0.2) is 29.5 Å².